The van der Waals surface area contributed by atoms with E-state index in [-0.39, 0.29) is 5.41 Å². The van der Waals surface area contributed by atoms with Crippen molar-refractivity contribution in [3.63, 3.8) is 0 Å². The predicted octanol–water partition coefficient (Wildman–Crippen LogP) is 1.22. The first kappa shape index (κ1) is 10.8. The van der Waals surface area contributed by atoms with E-state index in [0.717, 1.165) is 23.8 Å². The van der Waals surface area contributed by atoms with Gasteiger partial charge in [0.05, 0.1) is 18.6 Å². The van der Waals surface area contributed by atoms with Gasteiger partial charge in [0.2, 0.25) is 0 Å². The largest absolute Gasteiger partial charge is 0.398 e. The molecule has 2 rings (SSSR count). The summed E-state index contributed by atoms with van der Waals surface area (Å²) in [7, 11) is 0. The number of benzene rings is 1. The van der Waals surface area contributed by atoms with Crippen molar-refractivity contribution in [2.24, 2.45) is 5.73 Å². The summed E-state index contributed by atoms with van der Waals surface area (Å²) >= 11 is 1.66. The lowest BCUT2D eigenvalue weighted by atomic mass is 9.79. The molecule has 0 atom stereocenters. The van der Waals surface area contributed by atoms with Crippen molar-refractivity contribution in [2.45, 2.75) is 10.3 Å². The van der Waals surface area contributed by atoms with E-state index in [1.165, 1.54) is 5.56 Å². The summed E-state index contributed by atoms with van der Waals surface area (Å²) in [5.41, 5.74) is 13.8. The monoisotopic (exact) mass is 224 g/mol. The minimum absolute atomic E-state index is 0.0260. The van der Waals surface area contributed by atoms with Crippen molar-refractivity contribution < 1.29 is 4.74 Å². The van der Waals surface area contributed by atoms with Crippen molar-refractivity contribution >= 4 is 17.4 Å². The second-order valence-corrected chi connectivity index (χ2v) is 4.78. The highest BCUT2D eigenvalue weighted by molar-refractivity contribution is 7.98. The molecule has 0 radical (unpaired) electrons. The number of nitrogen functional groups attached to an aromatic ring is 1. The molecule has 4 N–H and O–H groups in total. The molecule has 1 fully saturated rings. The molecule has 4 heteroatoms. The van der Waals surface area contributed by atoms with E-state index in [9.17, 15) is 0 Å². The lowest BCUT2D eigenvalue weighted by Gasteiger charge is -2.41. The van der Waals surface area contributed by atoms with Crippen molar-refractivity contribution in [2.75, 3.05) is 31.7 Å². The Morgan fingerprint density at radius 2 is 2.20 bits per heavy atom. The van der Waals surface area contributed by atoms with Gasteiger partial charge in [0, 0.05) is 17.1 Å². The van der Waals surface area contributed by atoms with Gasteiger partial charge >= 0.3 is 0 Å². The van der Waals surface area contributed by atoms with Crippen LogP contribution < -0.4 is 11.5 Å². The molecule has 15 heavy (non-hydrogen) atoms. The standard InChI is InChI=1S/C11H16N2OS/c1-15-10-4-8(2-3-9(10)13)11(5-12)6-14-7-11/h2-4H,5-7,12-13H2,1H3. The van der Waals surface area contributed by atoms with Crippen molar-refractivity contribution in [1.29, 1.82) is 0 Å². The van der Waals surface area contributed by atoms with Gasteiger partial charge in [-0.2, -0.15) is 0 Å². The van der Waals surface area contributed by atoms with E-state index in [1.807, 2.05) is 12.3 Å². The molecule has 0 aliphatic carbocycles. The average molecular weight is 224 g/mol. The van der Waals surface area contributed by atoms with Crippen molar-refractivity contribution in [3.8, 4) is 0 Å². The van der Waals surface area contributed by atoms with E-state index >= 15 is 0 Å². The van der Waals surface area contributed by atoms with Crippen LogP contribution in [-0.4, -0.2) is 26.0 Å². The normalized spacial score (nSPS) is 18.5. The molecule has 0 unspecified atom stereocenters. The minimum atomic E-state index is 0.0260. The van der Waals surface area contributed by atoms with Crippen LogP contribution >= 0.6 is 11.8 Å². The lowest BCUT2D eigenvalue weighted by molar-refractivity contribution is -0.0551. The molecule has 3 nitrogen and oxygen atoms in total. The fourth-order valence-electron chi connectivity index (χ4n) is 1.79. The lowest BCUT2D eigenvalue weighted by Crippen LogP contribution is -2.52. The van der Waals surface area contributed by atoms with E-state index in [4.69, 9.17) is 16.2 Å². The van der Waals surface area contributed by atoms with Gasteiger partial charge in [-0.1, -0.05) is 6.07 Å². The summed E-state index contributed by atoms with van der Waals surface area (Å²) in [6.07, 6.45) is 2.03. The zero-order valence-corrected chi connectivity index (χ0v) is 9.64. The second kappa shape index (κ2) is 4.04. The smallest absolute Gasteiger partial charge is 0.0597 e. The van der Waals surface area contributed by atoms with Crippen molar-refractivity contribution in [1.82, 2.24) is 0 Å². The Labute approximate surface area is 94.2 Å². The van der Waals surface area contributed by atoms with Gasteiger partial charge in [0.1, 0.15) is 0 Å². The third-order valence-electron chi connectivity index (χ3n) is 2.99. The van der Waals surface area contributed by atoms with E-state index in [0.29, 0.717) is 6.54 Å². The summed E-state index contributed by atoms with van der Waals surface area (Å²) in [5.74, 6) is 0. The van der Waals surface area contributed by atoms with Crippen LogP contribution in [0, 0.1) is 0 Å². The molecule has 0 bridgehead atoms. The summed E-state index contributed by atoms with van der Waals surface area (Å²) in [5, 5.41) is 0. The molecular weight excluding hydrogens is 208 g/mol. The zero-order valence-electron chi connectivity index (χ0n) is 8.82. The Morgan fingerprint density at radius 3 is 2.67 bits per heavy atom. The Bertz CT molecular complexity index is 358. The van der Waals surface area contributed by atoms with E-state index in [2.05, 4.69) is 12.1 Å². The molecular formula is C11H16N2OS. The second-order valence-electron chi connectivity index (χ2n) is 3.93. The van der Waals surface area contributed by atoms with Crippen LogP contribution in [0.2, 0.25) is 0 Å². The van der Waals surface area contributed by atoms with Gasteiger partial charge in [0.25, 0.3) is 0 Å². The third-order valence-corrected chi connectivity index (χ3v) is 3.79. The van der Waals surface area contributed by atoms with Crippen LogP contribution in [0.4, 0.5) is 5.69 Å². The first-order valence-electron chi connectivity index (χ1n) is 4.94. The van der Waals surface area contributed by atoms with Gasteiger partial charge in [-0.15, -0.1) is 11.8 Å². The molecule has 1 aliphatic rings. The molecule has 82 valence electrons. The average Bonchev–Trinajstić information content (AvgIpc) is 2.19. The number of rotatable bonds is 3. The van der Waals surface area contributed by atoms with Crippen molar-refractivity contribution in [3.05, 3.63) is 23.8 Å². The Hall–Kier alpha value is -0.710. The van der Waals surface area contributed by atoms with E-state index in [1.54, 1.807) is 11.8 Å². The zero-order chi connectivity index (χ0) is 10.9. The molecule has 1 aromatic rings. The third kappa shape index (κ3) is 1.73. The molecule has 1 heterocycles. The minimum Gasteiger partial charge on any atom is -0.398 e. The van der Waals surface area contributed by atoms with Gasteiger partial charge in [0.15, 0.2) is 0 Å². The maximum atomic E-state index is 5.86. The number of anilines is 1. The number of hydrogen-bond acceptors (Lipinski definition) is 4. The Morgan fingerprint density at radius 1 is 1.47 bits per heavy atom. The maximum absolute atomic E-state index is 5.86. The summed E-state index contributed by atoms with van der Waals surface area (Å²) in [6.45, 7) is 2.08. The SMILES string of the molecule is CSc1cc(C2(CN)COC2)ccc1N. The van der Waals surface area contributed by atoms with Crippen LogP contribution in [0.1, 0.15) is 5.56 Å². The molecule has 1 saturated heterocycles. The summed E-state index contributed by atoms with van der Waals surface area (Å²) < 4.78 is 5.27. The van der Waals surface area contributed by atoms with Crippen LogP contribution in [0.15, 0.2) is 23.1 Å². The number of hydrogen-bond donors (Lipinski definition) is 2. The predicted molar refractivity (Wildman–Crippen MR) is 64.2 cm³/mol. The highest BCUT2D eigenvalue weighted by Gasteiger charge is 2.39. The summed E-state index contributed by atoms with van der Waals surface area (Å²) in [4.78, 5) is 1.12. The number of thioether (sulfide) groups is 1. The molecule has 0 amide bonds. The fraction of sp³-hybridized carbons (Fsp3) is 0.455. The maximum Gasteiger partial charge on any atom is 0.0597 e. The molecule has 1 aliphatic heterocycles. The van der Waals surface area contributed by atoms with Gasteiger partial charge in [-0.05, 0) is 24.0 Å². The molecule has 0 saturated carbocycles. The number of ether oxygens (including phenoxy) is 1. The first-order chi connectivity index (χ1) is 7.22. The van der Waals surface area contributed by atoms with Gasteiger partial charge in [-0.25, -0.2) is 0 Å². The molecule has 0 aromatic heterocycles. The fourth-order valence-corrected chi connectivity index (χ4v) is 2.34. The highest BCUT2D eigenvalue weighted by atomic mass is 32.2. The van der Waals surface area contributed by atoms with Gasteiger partial charge < -0.3 is 16.2 Å². The topological polar surface area (TPSA) is 61.3 Å². The first-order valence-corrected chi connectivity index (χ1v) is 6.16. The van der Waals surface area contributed by atoms with Crippen LogP contribution in [0.3, 0.4) is 0 Å². The van der Waals surface area contributed by atoms with E-state index < -0.39 is 0 Å². The Kier molecular flexibility index (Phi) is 2.91. The van der Waals surface area contributed by atoms with Crippen LogP contribution in [-0.2, 0) is 10.2 Å². The molecule has 0 spiro atoms. The quantitative estimate of drug-likeness (QED) is 0.598. The number of nitrogens with two attached hydrogens (primary N) is 2. The molecule has 1 aromatic carbocycles. The van der Waals surface area contributed by atoms with Gasteiger partial charge in [-0.3, -0.25) is 0 Å². The summed E-state index contributed by atoms with van der Waals surface area (Å²) in [6, 6.07) is 6.15. The highest BCUT2D eigenvalue weighted by Crippen LogP contribution is 2.35. The Balaban J connectivity index is 2.36. The van der Waals surface area contributed by atoms with Crippen LogP contribution in [0.25, 0.3) is 0 Å². The van der Waals surface area contributed by atoms with Crippen LogP contribution in [0.5, 0.6) is 0 Å².